The fourth-order valence-corrected chi connectivity index (χ4v) is 2.59. The lowest BCUT2D eigenvalue weighted by Crippen LogP contribution is -2.56. The molecule has 4 N–H and O–H groups in total. The molecule has 6 heteroatoms. The molecule has 2 rings (SSSR count). The van der Waals surface area contributed by atoms with Crippen LogP contribution in [0.1, 0.15) is 38.5 Å². The molecule has 2 amide bonds. The molecule has 1 atom stereocenters. The van der Waals surface area contributed by atoms with Crippen LogP contribution in [0.2, 0.25) is 0 Å². The van der Waals surface area contributed by atoms with Crippen molar-refractivity contribution in [3.05, 3.63) is 0 Å². The van der Waals surface area contributed by atoms with E-state index < -0.39 is 0 Å². The summed E-state index contributed by atoms with van der Waals surface area (Å²) in [4.78, 5) is 23.0. The van der Waals surface area contributed by atoms with Gasteiger partial charge in [0.1, 0.15) is 6.04 Å². The second-order valence-corrected chi connectivity index (χ2v) is 4.84. The van der Waals surface area contributed by atoms with E-state index in [1.165, 1.54) is 0 Å². The van der Waals surface area contributed by atoms with Crippen LogP contribution in [0.3, 0.4) is 0 Å². The van der Waals surface area contributed by atoms with Crippen LogP contribution in [0.25, 0.3) is 0 Å². The van der Waals surface area contributed by atoms with E-state index in [1.807, 2.05) is 0 Å². The highest BCUT2D eigenvalue weighted by Gasteiger charge is 2.37. The lowest BCUT2D eigenvalue weighted by Gasteiger charge is -2.30. The Labute approximate surface area is 107 Å². The maximum atomic E-state index is 11.9. The third-order valence-electron chi connectivity index (χ3n) is 3.65. The van der Waals surface area contributed by atoms with Gasteiger partial charge >= 0.3 is 0 Å². The van der Waals surface area contributed by atoms with Gasteiger partial charge in [0.15, 0.2) is 0 Å². The topological polar surface area (TPSA) is 84.2 Å². The van der Waals surface area contributed by atoms with Gasteiger partial charge < -0.3 is 16.4 Å². The van der Waals surface area contributed by atoms with Crippen LogP contribution in [0, 0.1) is 0 Å². The number of amides is 2. The Balaban J connectivity index is 0.00000144. The van der Waals surface area contributed by atoms with E-state index in [4.69, 9.17) is 5.73 Å². The molecule has 2 aliphatic rings. The van der Waals surface area contributed by atoms with Crippen molar-refractivity contribution in [3.63, 3.8) is 0 Å². The summed E-state index contributed by atoms with van der Waals surface area (Å²) >= 11 is 0. The standard InChI is InChI=1S/C11H19N3O2.ClH/c12-7-11(5-1-2-6-11)14-10(16)8-3-4-9(15)13-8;/h8H,1-7,12H2,(H,13,15)(H,14,16);1H. The Bertz CT molecular complexity index is 303. The second kappa shape index (κ2) is 5.69. The summed E-state index contributed by atoms with van der Waals surface area (Å²) in [6.45, 7) is 0.486. The molecule has 98 valence electrons. The molecule has 17 heavy (non-hydrogen) atoms. The number of nitrogens with two attached hydrogens (primary N) is 1. The Morgan fingerprint density at radius 1 is 1.47 bits per heavy atom. The van der Waals surface area contributed by atoms with E-state index in [1.54, 1.807) is 0 Å². The molecule has 1 aliphatic heterocycles. The molecule has 0 radical (unpaired) electrons. The van der Waals surface area contributed by atoms with Gasteiger partial charge in [0.05, 0.1) is 5.54 Å². The van der Waals surface area contributed by atoms with Crippen LogP contribution >= 0.6 is 12.4 Å². The Kier molecular flexibility index (Phi) is 4.77. The van der Waals surface area contributed by atoms with E-state index in [-0.39, 0.29) is 35.8 Å². The quantitative estimate of drug-likeness (QED) is 0.672. The normalized spacial score (nSPS) is 26.2. The first kappa shape index (κ1) is 14.3. The molecule has 1 heterocycles. The molecule has 0 spiro atoms. The first-order chi connectivity index (χ1) is 7.65. The van der Waals surface area contributed by atoms with Crippen molar-refractivity contribution in [2.24, 2.45) is 5.73 Å². The smallest absolute Gasteiger partial charge is 0.243 e. The van der Waals surface area contributed by atoms with Crippen molar-refractivity contribution in [2.45, 2.75) is 50.1 Å². The van der Waals surface area contributed by atoms with Gasteiger partial charge in [-0.3, -0.25) is 9.59 Å². The highest BCUT2D eigenvalue weighted by Crippen LogP contribution is 2.28. The van der Waals surface area contributed by atoms with Crippen molar-refractivity contribution in [1.29, 1.82) is 0 Å². The summed E-state index contributed by atoms with van der Waals surface area (Å²) in [5.41, 5.74) is 5.52. The summed E-state index contributed by atoms with van der Waals surface area (Å²) < 4.78 is 0. The predicted molar refractivity (Wildman–Crippen MR) is 66.8 cm³/mol. The number of rotatable bonds is 3. The zero-order valence-electron chi connectivity index (χ0n) is 9.83. The molecular formula is C11H20ClN3O2. The molecule has 0 aromatic carbocycles. The van der Waals surface area contributed by atoms with E-state index in [0.717, 1.165) is 25.7 Å². The van der Waals surface area contributed by atoms with Crippen LogP contribution < -0.4 is 16.4 Å². The number of halogens is 1. The third-order valence-corrected chi connectivity index (χ3v) is 3.65. The maximum Gasteiger partial charge on any atom is 0.243 e. The molecule has 0 bridgehead atoms. The van der Waals surface area contributed by atoms with Gasteiger partial charge in [-0.15, -0.1) is 12.4 Å². The molecular weight excluding hydrogens is 242 g/mol. The summed E-state index contributed by atoms with van der Waals surface area (Å²) in [6.07, 6.45) is 5.20. The van der Waals surface area contributed by atoms with E-state index in [2.05, 4.69) is 10.6 Å². The van der Waals surface area contributed by atoms with Crippen LogP contribution in [-0.4, -0.2) is 29.9 Å². The van der Waals surface area contributed by atoms with E-state index >= 15 is 0 Å². The second-order valence-electron chi connectivity index (χ2n) is 4.84. The number of hydrogen-bond donors (Lipinski definition) is 3. The Hall–Kier alpha value is -0.810. The molecule has 0 aromatic heterocycles. The Morgan fingerprint density at radius 2 is 2.12 bits per heavy atom. The van der Waals surface area contributed by atoms with Crippen molar-refractivity contribution < 1.29 is 9.59 Å². The monoisotopic (exact) mass is 261 g/mol. The van der Waals surface area contributed by atoms with Crippen LogP contribution in [-0.2, 0) is 9.59 Å². The van der Waals surface area contributed by atoms with Gasteiger partial charge in [-0.25, -0.2) is 0 Å². The molecule has 5 nitrogen and oxygen atoms in total. The third kappa shape index (κ3) is 3.10. The van der Waals surface area contributed by atoms with Crippen LogP contribution in [0.5, 0.6) is 0 Å². The first-order valence-corrected chi connectivity index (χ1v) is 5.97. The molecule has 1 unspecified atom stereocenters. The Morgan fingerprint density at radius 3 is 2.59 bits per heavy atom. The van der Waals surface area contributed by atoms with Gasteiger partial charge in [-0.2, -0.15) is 0 Å². The van der Waals surface area contributed by atoms with Gasteiger partial charge in [0.25, 0.3) is 0 Å². The fraction of sp³-hybridized carbons (Fsp3) is 0.818. The lowest BCUT2D eigenvalue weighted by atomic mass is 9.97. The zero-order valence-corrected chi connectivity index (χ0v) is 10.6. The van der Waals surface area contributed by atoms with Gasteiger partial charge in [-0.05, 0) is 19.3 Å². The summed E-state index contributed by atoms with van der Waals surface area (Å²) in [6, 6.07) is -0.350. The lowest BCUT2D eigenvalue weighted by molar-refractivity contribution is -0.127. The first-order valence-electron chi connectivity index (χ1n) is 5.97. The maximum absolute atomic E-state index is 11.9. The van der Waals surface area contributed by atoms with Gasteiger partial charge in [-0.1, -0.05) is 12.8 Å². The minimum Gasteiger partial charge on any atom is -0.348 e. The zero-order chi connectivity index (χ0) is 11.6. The van der Waals surface area contributed by atoms with Crippen molar-refractivity contribution in [2.75, 3.05) is 6.54 Å². The minimum absolute atomic E-state index is 0. The number of hydrogen-bond acceptors (Lipinski definition) is 3. The van der Waals surface area contributed by atoms with Gasteiger partial charge in [0, 0.05) is 13.0 Å². The highest BCUT2D eigenvalue weighted by atomic mass is 35.5. The van der Waals surface area contributed by atoms with E-state index in [0.29, 0.717) is 19.4 Å². The average molecular weight is 262 g/mol. The molecule has 0 aromatic rings. The van der Waals surface area contributed by atoms with E-state index in [9.17, 15) is 9.59 Å². The van der Waals surface area contributed by atoms with Gasteiger partial charge in [0.2, 0.25) is 11.8 Å². The predicted octanol–water partition coefficient (Wildman–Crippen LogP) is 0.0745. The fourth-order valence-electron chi connectivity index (χ4n) is 2.59. The number of carbonyl (C=O) groups is 2. The molecule has 1 saturated carbocycles. The summed E-state index contributed by atoms with van der Waals surface area (Å²) in [7, 11) is 0. The van der Waals surface area contributed by atoms with Crippen LogP contribution in [0.4, 0.5) is 0 Å². The van der Waals surface area contributed by atoms with Crippen molar-refractivity contribution in [1.82, 2.24) is 10.6 Å². The average Bonchev–Trinajstić information content (AvgIpc) is 2.88. The number of carbonyl (C=O) groups excluding carboxylic acids is 2. The number of nitrogens with one attached hydrogen (secondary N) is 2. The molecule has 1 saturated heterocycles. The summed E-state index contributed by atoms with van der Waals surface area (Å²) in [5, 5.41) is 5.70. The van der Waals surface area contributed by atoms with Crippen molar-refractivity contribution in [3.8, 4) is 0 Å². The SMILES string of the molecule is Cl.NCC1(NC(=O)C2CCC(=O)N2)CCCC1. The molecule has 2 fully saturated rings. The van der Waals surface area contributed by atoms with Crippen molar-refractivity contribution >= 4 is 24.2 Å². The largest absolute Gasteiger partial charge is 0.348 e. The molecule has 1 aliphatic carbocycles. The summed E-state index contributed by atoms with van der Waals surface area (Å²) in [5.74, 6) is -0.105. The van der Waals surface area contributed by atoms with Crippen LogP contribution in [0.15, 0.2) is 0 Å². The minimum atomic E-state index is -0.350. The highest BCUT2D eigenvalue weighted by molar-refractivity contribution is 5.91.